The van der Waals surface area contributed by atoms with E-state index in [2.05, 4.69) is 19.2 Å². The van der Waals surface area contributed by atoms with Crippen molar-refractivity contribution in [2.24, 2.45) is 0 Å². The van der Waals surface area contributed by atoms with E-state index in [9.17, 15) is 9.59 Å². The summed E-state index contributed by atoms with van der Waals surface area (Å²) in [7, 11) is 0. The Balaban J connectivity index is 0.00000225. The molecule has 0 aliphatic carbocycles. The number of amides is 3. The number of anilines is 1. The van der Waals surface area contributed by atoms with Crippen LogP contribution in [0.15, 0.2) is 24.3 Å². The summed E-state index contributed by atoms with van der Waals surface area (Å²) in [6.07, 6.45) is 0.349. The third kappa shape index (κ3) is 4.31. The molecule has 1 aromatic carbocycles. The van der Waals surface area contributed by atoms with E-state index >= 15 is 0 Å². The lowest BCUT2D eigenvalue weighted by atomic mass is 10.0. The summed E-state index contributed by atoms with van der Waals surface area (Å²) in [5.74, 6) is 0.404. The number of nitrogens with one attached hydrogen (secondary N) is 2. The fourth-order valence-electron chi connectivity index (χ4n) is 1.20. The van der Waals surface area contributed by atoms with Crippen LogP contribution in [-0.2, 0) is 4.79 Å². The summed E-state index contributed by atoms with van der Waals surface area (Å²) in [5, 5.41) is 4.57. The molecule has 0 fully saturated rings. The molecule has 0 saturated heterocycles. The number of imide groups is 1. The minimum atomic E-state index is -0.522. The molecule has 0 atom stereocenters. The first-order valence-electron chi connectivity index (χ1n) is 4.74. The lowest BCUT2D eigenvalue weighted by Gasteiger charge is -2.08. The van der Waals surface area contributed by atoms with Gasteiger partial charge in [0, 0.05) is 5.69 Å². The summed E-state index contributed by atoms with van der Waals surface area (Å²) in [6.45, 7) is 4.15. The largest absolute Gasteiger partial charge is 0.325 e. The van der Waals surface area contributed by atoms with Crippen molar-refractivity contribution in [1.82, 2.24) is 5.32 Å². The molecule has 0 aliphatic rings. The second-order valence-corrected chi connectivity index (χ2v) is 3.50. The molecule has 0 aromatic heterocycles. The van der Waals surface area contributed by atoms with Gasteiger partial charge in [-0.2, -0.15) is 0 Å². The number of hydrogen-bond acceptors (Lipinski definition) is 2. The van der Waals surface area contributed by atoms with Gasteiger partial charge in [-0.1, -0.05) is 26.0 Å². The molecule has 3 amide bonds. The van der Waals surface area contributed by atoms with E-state index in [0.717, 1.165) is 5.56 Å². The lowest BCUT2D eigenvalue weighted by molar-refractivity contribution is -0.108. The maximum Gasteiger partial charge on any atom is 0.325 e. The molecule has 88 valence electrons. The summed E-state index contributed by atoms with van der Waals surface area (Å²) in [5.41, 5.74) is 1.82. The molecular weight excluding hydrogens is 228 g/mol. The molecule has 4 nitrogen and oxygen atoms in total. The third-order valence-electron chi connectivity index (χ3n) is 2.00. The Morgan fingerprint density at radius 3 is 2.62 bits per heavy atom. The molecule has 0 unspecified atom stereocenters. The Hall–Kier alpha value is -1.55. The van der Waals surface area contributed by atoms with Crippen molar-refractivity contribution in [1.29, 1.82) is 0 Å². The van der Waals surface area contributed by atoms with Crippen LogP contribution in [0.5, 0.6) is 0 Å². The highest BCUT2D eigenvalue weighted by Gasteiger charge is 2.02. The van der Waals surface area contributed by atoms with Crippen LogP contribution in [0.25, 0.3) is 0 Å². The zero-order valence-electron chi connectivity index (χ0n) is 9.19. The number of carbonyl (C=O) groups excluding carboxylic acids is 2. The quantitative estimate of drug-likeness (QED) is 0.801. The summed E-state index contributed by atoms with van der Waals surface area (Å²) in [4.78, 5) is 21.0. The van der Waals surface area contributed by atoms with E-state index < -0.39 is 6.03 Å². The van der Waals surface area contributed by atoms with Gasteiger partial charge in [0.25, 0.3) is 0 Å². The average molecular weight is 243 g/mol. The second-order valence-electron chi connectivity index (χ2n) is 3.50. The van der Waals surface area contributed by atoms with Crippen LogP contribution in [0.1, 0.15) is 25.3 Å². The van der Waals surface area contributed by atoms with E-state index in [1.54, 1.807) is 6.07 Å². The first-order chi connectivity index (χ1) is 7.13. The zero-order chi connectivity index (χ0) is 11.3. The Labute approximate surface area is 101 Å². The molecular formula is C11H15ClN2O2. The highest BCUT2D eigenvalue weighted by molar-refractivity contribution is 5.95. The van der Waals surface area contributed by atoms with Crippen molar-refractivity contribution in [3.8, 4) is 0 Å². The van der Waals surface area contributed by atoms with E-state index in [-0.39, 0.29) is 12.4 Å². The molecule has 0 spiro atoms. The number of hydrogen-bond donors (Lipinski definition) is 2. The number of carbonyl (C=O) groups is 2. The average Bonchev–Trinajstić information content (AvgIpc) is 2.18. The standard InChI is InChI=1S/C11H14N2O2.ClH/c1-8(2)9-4-3-5-10(6-9)13-11(15)12-7-14;/h3-8H,1-2H3,(H2,12,13,14,15);1H. The molecule has 1 aromatic rings. The lowest BCUT2D eigenvalue weighted by Crippen LogP contribution is -2.27. The topological polar surface area (TPSA) is 58.2 Å². The third-order valence-corrected chi connectivity index (χ3v) is 2.00. The molecule has 1 rings (SSSR count). The Kier molecular flexibility index (Phi) is 6.18. The van der Waals surface area contributed by atoms with E-state index in [1.807, 2.05) is 23.5 Å². The van der Waals surface area contributed by atoms with E-state index in [0.29, 0.717) is 18.0 Å². The van der Waals surface area contributed by atoms with Crippen LogP contribution in [0.2, 0.25) is 0 Å². The van der Waals surface area contributed by atoms with Gasteiger partial charge in [-0.3, -0.25) is 10.1 Å². The van der Waals surface area contributed by atoms with Gasteiger partial charge in [-0.15, -0.1) is 12.4 Å². The SMILES string of the molecule is CC(C)c1cccc(NC(=O)NC=O)c1.Cl. The minimum Gasteiger partial charge on any atom is -0.308 e. The fourth-order valence-corrected chi connectivity index (χ4v) is 1.20. The number of halogens is 1. The molecule has 16 heavy (non-hydrogen) atoms. The molecule has 0 radical (unpaired) electrons. The number of urea groups is 1. The first kappa shape index (κ1) is 14.5. The first-order valence-corrected chi connectivity index (χ1v) is 4.74. The van der Waals surface area contributed by atoms with Crippen LogP contribution in [0.3, 0.4) is 0 Å². The smallest absolute Gasteiger partial charge is 0.308 e. The Morgan fingerprint density at radius 1 is 1.38 bits per heavy atom. The van der Waals surface area contributed by atoms with Crippen molar-refractivity contribution >= 4 is 30.5 Å². The Bertz CT molecular complexity index is 367. The number of rotatable bonds is 3. The second kappa shape index (κ2) is 6.85. The molecule has 0 bridgehead atoms. The van der Waals surface area contributed by atoms with Crippen LogP contribution in [-0.4, -0.2) is 12.4 Å². The monoisotopic (exact) mass is 242 g/mol. The summed E-state index contributed by atoms with van der Waals surface area (Å²) in [6, 6.07) is 7.00. The molecule has 0 heterocycles. The van der Waals surface area contributed by atoms with E-state index in [4.69, 9.17) is 0 Å². The normalized spacial score (nSPS) is 9.19. The highest BCUT2D eigenvalue weighted by atomic mass is 35.5. The van der Waals surface area contributed by atoms with Gasteiger partial charge in [0.15, 0.2) is 0 Å². The maximum absolute atomic E-state index is 11.0. The number of benzene rings is 1. The molecule has 0 aliphatic heterocycles. The van der Waals surface area contributed by atoms with Gasteiger partial charge < -0.3 is 5.32 Å². The fraction of sp³-hybridized carbons (Fsp3) is 0.273. The van der Waals surface area contributed by atoms with Crippen LogP contribution >= 0.6 is 12.4 Å². The molecule has 0 saturated carbocycles. The predicted octanol–water partition coefficient (Wildman–Crippen LogP) is 2.51. The summed E-state index contributed by atoms with van der Waals surface area (Å²) < 4.78 is 0. The van der Waals surface area contributed by atoms with Crippen LogP contribution < -0.4 is 10.6 Å². The van der Waals surface area contributed by atoms with Gasteiger partial charge in [0.2, 0.25) is 6.41 Å². The van der Waals surface area contributed by atoms with Gasteiger partial charge >= 0.3 is 6.03 Å². The Morgan fingerprint density at radius 2 is 2.06 bits per heavy atom. The van der Waals surface area contributed by atoms with Gasteiger partial charge in [0.1, 0.15) is 0 Å². The predicted molar refractivity (Wildman–Crippen MR) is 66.0 cm³/mol. The van der Waals surface area contributed by atoms with Gasteiger partial charge in [-0.05, 0) is 23.6 Å². The van der Waals surface area contributed by atoms with Crippen molar-refractivity contribution < 1.29 is 9.59 Å². The van der Waals surface area contributed by atoms with Crippen molar-refractivity contribution in [2.75, 3.05) is 5.32 Å². The van der Waals surface area contributed by atoms with Gasteiger partial charge in [-0.25, -0.2) is 4.79 Å². The van der Waals surface area contributed by atoms with Crippen LogP contribution in [0.4, 0.5) is 10.5 Å². The minimum absolute atomic E-state index is 0. The van der Waals surface area contributed by atoms with Crippen molar-refractivity contribution in [3.63, 3.8) is 0 Å². The molecule has 2 N–H and O–H groups in total. The van der Waals surface area contributed by atoms with Gasteiger partial charge in [0.05, 0.1) is 0 Å². The van der Waals surface area contributed by atoms with Crippen molar-refractivity contribution in [2.45, 2.75) is 19.8 Å². The van der Waals surface area contributed by atoms with Crippen molar-refractivity contribution in [3.05, 3.63) is 29.8 Å². The van der Waals surface area contributed by atoms with E-state index in [1.165, 1.54) is 0 Å². The van der Waals surface area contributed by atoms with Crippen LogP contribution in [0, 0.1) is 0 Å². The highest BCUT2D eigenvalue weighted by Crippen LogP contribution is 2.18. The molecule has 5 heteroatoms. The zero-order valence-corrected chi connectivity index (χ0v) is 10.0. The summed E-state index contributed by atoms with van der Waals surface area (Å²) >= 11 is 0. The maximum atomic E-state index is 11.0.